The quantitative estimate of drug-likeness (QED) is 0.849. The summed E-state index contributed by atoms with van der Waals surface area (Å²) in [6, 6.07) is 0. The third-order valence-corrected chi connectivity index (χ3v) is 3.11. The SMILES string of the molecule is CCc1c(N)nnn1Cc1nc(C)cs1. The summed E-state index contributed by atoms with van der Waals surface area (Å²) in [5.74, 6) is 0.519. The van der Waals surface area contributed by atoms with Crippen LogP contribution in [0.3, 0.4) is 0 Å². The number of rotatable bonds is 3. The number of hydrogen-bond acceptors (Lipinski definition) is 5. The number of hydrogen-bond donors (Lipinski definition) is 1. The molecule has 0 spiro atoms. The van der Waals surface area contributed by atoms with E-state index in [4.69, 9.17) is 5.73 Å². The molecule has 0 unspecified atom stereocenters. The number of nitrogens with zero attached hydrogens (tertiary/aromatic N) is 4. The average Bonchev–Trinajstić information content (AvgIpc) is 2.75. The van der Waals surface area contributed by atoms with E-state index in [1.807, 2.05) is 23.9 Å². The lowest BCUT2D eigenvalue weighted by atomic mass is 10.3. The summed E-state index contributed by atoms with van der Waals surface area (Å²) >= 11 is 1.63. The molecule has 0 aliphatic carbocycles. The van der Waals surface area contributed by atoms with Gasteiger partial charge in [0, 0.05) is 11.1 Å². The molecule has 0 saturated heterocycles. The van der Waals surface area contributed by atoms with Gasteiger partial charge in [-0.3, -0.25) is 0 Å². The van der Waals surface area contributed by atoms with Crippen molar-refractivity contribution >= 4 is 17.2 Å². The Morgan fingerprint density at radius 1 is 1.53 bits per heavy atom. The Balaban J connectivity index is 2.24. The molecule has 2 heterocycles. The minimum Gasteiger partial charge on any atom is -0.381 e. The van der Waals surface area contributed by atoms with Crippen LogP contribution in [-0.2, 0) is 13.0 Å². The van der Waals surface area contributed by atoms with Crippen LogP contribution >= 0.6 is 11.3 Å². The van der Waals surface area contributed by atoms with E-state index < -0.39 is 0 Å². The second-order valence-corrected chi connectivity index (χ2v) is 4.26. The molecule has 15 heavy (non-hydrogen) atoms. The van der Waals surface area contributed by atoms with Gasteiger partial charge in [-0.1, -0.05) is 12.1 Å². The molecule has 0 atom stereocenters. The molecule has 5 nitrogen and oxygen atoms in total. The van der Waals surface area contributed by atoms with Gasteiger partial charge in [0.05, 0.1) is 12.2 Å². The maximum absolute atomic E-state index is 5.70. The third kappa shape index (κ3) is 1.99. The molecule has 0 saturated carbocycles. The molecular weight excluding hydrogens is 210 g/mol. The smallest absolute Gasteiger partial charge is 0.169 e. The van der Waals surface area contributed by atoms with E-state index in [1.165, 1.54) is 0 Å². The lowest BCUT2D eigenvalue weighted by Crippen LogP contribution is -2.06. The van der Waals surface area contributed by atoms with Gasteiger partial charge in [0.15, 0.2) is 5.82 Å². The highest BCUT2D eigenvalue weighted by Crippen LogP contribution is 2.13. The monoisotopic (exact) mass is 223 g/mol. The van der Waals surface area contributed by atoms with Crippen LogP contribution in [-0.4, -0.2) is 20.0 Å². The standard InChI is InChI=1S/C9H13N5S/c1-3-7-9(10)12-13-14(7)4-8-11-6(2)5-15-8/h5H,3-4,10H2,1-2H3. The van der Waals surface area contributed by atoms with E-state index in [-0.39, 0.29) is 0 Å². The zero-order valence-corrected chi connectivity index (χ0v) is 9.58. The van der Waals surface area contributed by atoms with Crippen LogP contribution < -0.4 is 5.73 Å². The van der Waals surface area contributed by atoms with Crippen molar-refractivity contribution in [1.82, 2.24) is 20.0 Å². The minimum absolute atomic E-state index is 0.519. The van der Waals surface area contributed by atoms with E-state index in [1.54, 1.807) is 11.3 Å². The van der Waals surface area contributed by atoms with Gasteiger partial charge in [-0.05, 0) is 13.3 Å². The first kappa shape index (κ1) is 10.1. The highest BCUT2D eigenvalue weighted by Gasteiger charge is 2.09. The number of aromatic nitrogens is 4. The molecule has 2 aromatic rings. The van der Waals surface area contributed by atoms with E-state index in [2.05, 4.69) is 15.3 Å². The molecule has 0 fully saturated rings. The van der Waals surface area contributed by atoms with Crippen LogP contribution in [0.25, 0.3) is 0 Å². The molecule has 2 N–H and O–H groups in total. The summed E-state index contributed by atoms with van der Waals surface area (Å²) in [4.78, 5) is 4.38. The second kappa shape index (κ2) is 3.98. The largest absolute Gasteiger partial charge is 0.381 e. The molecule has 0 amide bonds. The van der Waals surface area contributed by atoms with Gasteiger partial charge in [0.1, 0.15) is 5.01 Å². The first-order chi connectivity index (χ1) is 7.20. The fourth-order valence-electron chi connectivity index (χ4n) is 1.44. The molecule has 80 valence electrons. The van der Waals surface area contributed by atoms with Crippen LogP contribution in [0.15, 0.2) is 5.38 Å². The highest BCUT2D eigenvalue weighted by atomic mass is 32.1. The lowest BCUT2D eigenvalue weighted by Gasteiger charge is -2.01. The topological polar surface area (TPSA) is 69.6 Å². The Kier molecular flexibility index (Phi) is 2.68. The summed E-state index contributed by atoms with van der Waals surface area (Å²) in [6.07, 6.45) is 0.836. The van der Waals surface area contributed by atoms with Crippen molar-refractivity contribution in [3.05, 3.63) is 21.8 Å². The van der Waals surface area contributed by atoms with E-state index >= 15 is 0 Å². The van der Waals surface area contributed by atoms with Crippen LogP contribution in [0.5, 0.6) is 0 Å². The van der Waals surface area contributed by atoms with Gasteiger partial charge in [-0.15, -0.1) is 16.4 Å². The highest BCUT2D eigenvalue weighted by molar-refractivity contribution is 7.09. The first-order valence-electron chi connectivity index (χ1n) is 4.79. The van der Waals surface area contributed by atoms with Gasteiger partial charge in [-0.25, -0.2) is 9.67 Å². The van der Waals surface area contributed by atoms with Crippen molar-refractivity contribution in [2.24, 2.45) is 0 Å². The lowest BCUT2D eigenvalue weighted by molar-refractivity contribution is 0.619. The predicted octanol–water partition coefficient (Wildman–Crippen LogP) is 1.24. The number of anilines is 1. The summed E-state index contributed by atoms with van der Waals surface area (Å²) < 4.78 is 1.81. The molecule has 0 aromatic carbocycles. The Morgan fingerprint density at radius 2 is 2.33 bits per heavy atom. The zero-order valence-electron chi connectivity index (χ0n) is 8.77. The predicted molar refractivity (Wildman–Crippen MR) is 59.8 cm³/mol. The zero-order chi connectivity index (χ0) is 10.8. The maximum Gasteiger partial charge on any atom is 0.169 e. The summed E-state index contributed by atoms with van der Waals surface area (Å²) in [5.41, 5.74) is 7.72. The fourth-order valence-corrected chi connectivity index (χ4v) is 2.19. The van der Waals surface area contributed by atoms with Crippen molar-refractivity contribution in [3.8, 4) is 0 Å². The van der Waals surface area contributed by atoms with E-state index in [0.717, 1.165) is 22.8 Å². The van der Waals surface area contributed by atoms with Gasteiger partial charge in [0.2, 0.25) is 0 Å². The Hall–Kier alpha value is -1.43. The number of nitrogen functional groups attached to an aromatic ring is 1. The van der Waals surface area contributed by atoms with E-state index in [9.17, 15) is 0 Å². The fraction of sp³-hybridized carbons (Fsp3) is 0.444. The van der Waals surface area contributed by atoms with Crippen LogP contribution in [0.2, 0.25) is 0 Å². The van der Waals surface area contributed by atoms with Crippen LogP contribution in [0.1, 0.15) is 23.3 Å². The van der Waals surface area contributed by atoms with Crippen molar-refractivity contribution < 1.29 is 0 Å². The van der Waals surface area contributed by atoms with Gasteiger partial charge < -0.3 is 5.73 Å². The Morgan fingerprint density at radius 3 is 2.93 bits per heavy atom. The van der Waals surface area contributed by atoms with Crippen molar-refractivity contribution in [1.29, 1.82) is 0 Å². The summed E-state index contributed by atoms with van der Waals surface area (Å²) in [5, 5.41) is 10.9. The molecule has 0 aliphatic rings. The maximum atomic E-state index is 5.70. The summed E-state index contributed by atoms with van der Waals surface area (Å²) in [6.45, 7) is 4.68. The molecule has 2 rings (SSSR count). The van der Waals surface area contributed by atoms with E-state index in [0.29, 0.717) is 12.4 Å². The normalized spacial score (nSPS) is 10.8. The number of nitrogens with two attached hydrogens (primary N) is 1. The van der Waals surface area contributed by atoms with Gasteiger partial charge in [-0.2, -0.15) is 0 Å². The van der Waals surface area contributed by atoms with Gasteiger partial charge >= 0.3 is 0 Å². The number of thiazole rings is 1. The second-order valence-electron chi connectivity index (χ2n) is 3.32. The minimum atomic E-state index is 0.519. The first-order valence-corrected chi connectivity index (χ1v) is 5.67. The third-order valence-electron chi connectivity index (χ3n) is 2.15. The van der Waals surface area contributed by atoms with Crippen molar-refractivity contribution in [3.63, 3.8) is 0 Å². The molecule has 0 aliphatic heterocycles. The summed E-state index contributed by atoms with van der Waals surface area (Å²) in [7, 11) is 0. The van der Waals surface area contributed by atoms with Crippen molar-refractivity contribution in [2.45, 2.75) is 26.8 Å². The Labute approximate surface area is 91.9 Å². The average molecular weight is 223 g/mol. The molecular formula is C9H13N5S. The molecule has 6 heteroatoms. The van der Waals surface area contributed by atoms with Crippen LogP contribution in [0.4, 0.5) is 5.82 Å². The Bertz CT molecular complexity index is 459. The molecule has 2 aromatic heterocycles. The molecule has 0 bridgehead atoms. The van der Waals surface area contributed by atoms with Crippen molar-refractivity contribution in [2.75, 3.05) is 5.73 Å². The number of aryl methyl sites for hydroxylation is 1. The van der Waals surface area contributed by atoms with Crippen LogP contribution in [0, 0.1) is 6.92 Å². The van der Waals surface area contributed by atoms with Gasteiger partial charge in [0.25, 0.3) is 0 Å². The molecule has 0 radical (unpaired) electrons.